The van der Waals surface area contributed by atoms with Crippen molar-refractivity contribution < 1.29 is 23.5 Å². The molecule has 0 spiro atoms. The minimum Gasteiger partial charge on any atom is -0.481 e. The lowest BCUT2D eigenvalue weighted by Crippen LogP contribution is -2.23. The lowest BCUT2D eigenvalue weighted by molar-refractivity contribution is -0.136. The normalized spacial score (nSPS) is 9.52. The van der Waals surface area contributed by atoms with Crippen LogP contribution in [0.25, 0.3) is 0 Å². The van der Waals surface area contributed by atoms with E-state index >= 15 is 0 Å². The summed E-state index contributed by atoms with van der Waals surface area (Å²) in [6, 6.07) is 20.2. The molecule has 0 saturated carbocycles. The Bertz CT molecular complexity index is 1560. The number of carboxylic acid groups (broad SMARTS) is 1. The highest BCUT2D eigenvalue weighted by Gasteiger charge is 2.12. The first-order valence-corrected chi connectivity index (χ1v) is 17.1. The maximum Gasteiger partial charge on any atom is 0.307 e. The van der Waals surface area contributed by atoms with Gasteiger partial charge in [0.2, 0.25) is 5.91 Å². The molecule has 0 fully saturated rings. The minimum absolute atomic E-state index is 0.0131. The summed E-state index contributed by atoms with van der Waals surface area (Å²) in [7, 11) is 3.57. The van der Waals surface area contributed by atoms with E-state index in [-0.39, 0.29) is 33.7 Å². The minimum atomic E-state index is -0.946. The van der Waals surface area contributed by atoms with Crippen molar-refractivity contribution in [2.45, 2.75) is 60.8 Å². The molecule has 0 aliphatic heterocycles. The van der Waals surface area contributed by atoms with E-state index in [1.54, 1.807) is 43.3 Å². The second kappa shape index (κ2) is 23.8. The van der Waals surface area contributed by atoms with Crippen molar-refractivity contribution in [3.63, 3.8) is 0 Å². The van der Waals surface area contributed by atoms with Crippen molar-refractivity contribution in [1.82, 2.24) is 4.90 Å². The highest BCUT2D eigenvalue weighted by Crippen LogP contribution is 2.30. The van der Waals surface area contributed by atoms with Crippen LogP contribution < -0.4 is 11.1 Å². The largest absolute Gasteiger partial charge is 0.481 e. The molecule has 0 heterocycles. The van der Waals surface area contributed by atoms with Gasteiger partial charge in [-0.2, -0.15) is 0 Å². The van der Waals surface area contributed by atoms with Gasteiger partial charge in [-0.1, -0.05) is 105 Å². The third kappa shape index (κ3) is 16.6. The molecule has 4 aromatic rings. The highest BCUT2D eigenvalue weighted by molar-refractivity contribution is 14.1. The number of aliphatic carboxylic acids is 1. The number of nitrogens with two attached hydrogens (primary N) is 1. The van der Waals surface area contributed by atoms with Crippen LogP contribution >= 0.6 is 45.8 Å². The van der Waals surface area contributed by atoms with Gasteiger partial charge in [0.1, 0.15) is 11.6 Å². The fourth-order valence-corrected chi connectivity index (χ4v) is 4.48. The molecule has 0 atom stereocenters. The van der Waals surface area contributed by atoms with Crippen molar-refractivity contribution in [1.29, 1.82) is 0 Å². The Hall–Kier alpha value is -3.41. The van der Waals surface area contributed by atoms with Crippen molar-refractivity contribution in [3.8, 4) is 0 Å². The summed E-state index contributed by atoms with van der Waals surface area (Å²) in [4.78, 5) is 24.0. The van der Waals surface area contributed by atoms with Crippen LogP contribution in [0, 0.1) is 29.1 Å². The van der Waals surface area contributed by atoms with Crippen LogP contribution in [0.3, 0.4) is 0 Å². The topological polar surface area (TPSA) is 95.7 Å². The van der Waals surface area contributed by atoms with E-state index < -0.39 is 17.6 Å². The van der Waals surface area contributed by atoms with E-state index in [1.807, 2.05) is 39.8 Å². The van der Waals surface area contributed by atoms with Gasteiger partial charge < -0.3 is 21.1 Å². The molecule has 4 rings (SSSR count). The number of nitrogen functional groups attached to an aromatic ring is 1. The number of amides is 1. The van der Waals surface area contributed by atoms with Gasteiger partial charge in [-0.05, 0) is 84.0 Å². The smallest absolute Gasteiger partial charge is 0.307 e. The highest BCUT2D eigenvalue weighted by atomic mass is 127. The third-order valence-electron chi connectivity index (χ3n) is 5.87. The molecule has 48 heavy (non-hydrogen) atoms. The van der Waals surface area contributed by atoms with Crippen LogP contribution in [0.15, 0.2) is 72.8 Å². The second-order valence-corrected chi connectivity index (χ2v) is 12.3. The van der Waals surface area contributed by atoms with Crippen molar-refractivity contribution >= 4 is 74.7 Å². The first-order valence-electron chi connectivity index (χ1n) is 15.3. The fraction of sp³-hybridized carbons (Fsp3) is 0.297. The van der Waals surface area contributed by atoms with E-state index in [1.165, 1.54) is 36.2 Å². The number of hydrogen-bond acceptors (Lipinski definition) is 4. The van der Waals surface area contributed by atoms with Gasteiger partial charge in [0.15, 0.2) is 0 Å². The number of carbonyl (C=O) groups is 2. The zero-order chi connectivity index (χ0) is 37.0. The molecular weight excluding hydrogens is 770 g/mol. The molecule has 0 unspecified atom stereocenters. The molecule has 0 aliphatic carbocycles. The van der Waals surface area contributed by atoms with Crippen molar-refractivity contribution in [2.75, 3.05) is 25.1 Å². The monoisotopic (exact) mass is 815 g/mol. The van der Waals surface area contributed by atoms with Crippen LogP contribution in [0.4, 0.5) is 25.8 Å². The molecule has 0 aromatic heterocycles. The number of nitrogens with one attached hydrogen (secondary N) is 1. The summed E-state index contributed by atoms with van der Waals surface area (Å²) in [5, 5.41) is 12.3. The number of likely N-dealkylation sites (N-methyl/N-ethyl adjacent to an activating group) is 1. The summed E-state index contributed by atoms with van der Waals surface area (Å²) in [5.74, 6) is -1.76. The van der Waals surface area contributed by atoms with Gasteiger partial charge >= 0.3 is 5.97 Å². The second-order valence-electron chi connectivity index (χ2n) is 10.4. The van der Waals surface area contributed by atoms with Crippen LogP contribution in [-0.4, -0.2) is 36.0 Å². The van der Waals surface area contributed by atoms with E-state index in [9.17, 15) is 18.4 Å². The number of anilines is 3. The van der Waals surface area contributed by atoms with Crippen LogP contribution in [0.1, 0.15) is 56.4 Å². The Labute approximate surface area is 307 Å². The summed E-state index contributed by atoms with van der Waals surface area (Å²) >= 11 is 13.7. The predicted molar refractivity (Wildman–Crippen MR) is 207 cm³/mol. The van der Waals surface area contributed by atoms with Crippen LogP contribution in [-0.2, 0) is 22.4 Å². The van der Waals surface area contributed by atoms with E-state index in [0.717, 1.165) is 14.7 Å². The molecule has 6 nitrogen and oxygen atoms in total. The number of hydrogen-bond donors (Lipinski definition) is 3. The van der Waals surface area contributed by atoms with Gasteiger partial charge in [-0.3, -0.25) is 9.59 Å². The summed E-state index contributed by atoms with van der Waals surface area (Å²) < 4.78 is 27.3. The van der Waals surface area contributed by atoms with E-state index in [0.29, 0.717) is 17.7 Å². The lowest BCUT2D eigenvalue weighted by Gasteiger charge is -2.13. The average molecular weight is 817 g/mol. The SMILES string of the molecule is CC.CCC.Cc1ccc(I)c(CC(=O)N(C)C)c1.Cc1ccc(Nc2c(F)cccc2Cl)c(CC(=O)O)c1.Nc1c(F)cccc1Cl. The van der Waals surface area contributed by atoms with E-state index in [2.05, 4.69) is 53.9 Å². The molecule has 0 saturated heterocycles. The molecule has 4 aromatic carbocycles. The molecular formula is C37H46Cl2F2IN3O3. The van der Waals surface area contributed by atoms with Gasteiger partial charge in [0.25, 0.3) is 0 Å². The Morgan fingerprint density at radius 2 is 1.33 bits per heavy atom. The van der Waals surface area contributed by atoms with Crippen molar-refractivity contribution in [3.05, 3.63) is 120 Å². The summed E-state index contributed by atoms with van der Waals surface area (Å²) in [6.45, 7) is 12.2. The average Bonchev–Trinajstić information content (AvgIpc) is 3.02. The Kier molecular flexibility index (Phi) is 22.1. The van der Waals surface area contributed by atoms with Crippen LogP contribution in [0.2, 0.25) is 10.0 Å². The number of para-hydroxylation sites is 2. The summed E-state index contributed by atoms with van der Waals surface area (Å²) in [6.07, 6.45) is 1.60. The number of carbonyl (C=O) groups excluding carboxylic acids is 1. The Morgan fingerprint density at radius 1 is 0.833 bits per heavy atom. The number of rotatable bonds is 6. The van der Waals surface area contributed by atoms with Gasteiger partial charge in [-0.15, -0.1) is 0 Å². The Balaban J connectivity index is 0.000000686. The molecule has 262 valence electrons. The van der Waals surface area contributed by atoms with Gasteiger partial charge in [-0.25, -0.2) is 8.78 Å². The maximum absolute atomic E-state index is 13.7. The molecule has 4 N–H and O–H groups in total. The van der Waals surface area contributed by atoms with Gasteiger partial charge in [0, 0.05) is 23.4 Å². The number of halogens is 5. The lowest BCUT2D eigenvalue weighted by atomic mass is 10.1. The Morgan fingerprint density at radius 3 is 1.81 bits per heavy atom. The zero-order valence-electron chi connectivity index (χ0n) is 28.7. The fourth-order valence-electron chi connectivity index (χ4n) is 3.58. The first-order chi connectivity index (χ1) is 22.6. The molecule has 0 aliphatic rings. The zero-order valence-corrected chi connectivity index (χ0v) is 32.4. The number of carboxylic acids is 1. The maximum atomic E-state index is 13.7. The van der Waals surface area contributed by atoms with Gasteiger partial charge in [0.05, 0.1) is 34.3 Å². The number of nitrogens with zero attached hydrogens (tertiary/aromatic N) is 1. The number of benzene rings is 4. The standard InChI is InChI=1S/C15H13ClFNO2.C11H14INO.C6H5ClFN.C3H8.C2H6/c1-9-5-6-13(10(7-9)8-14(19)20)18-15-11(16)3-2-4-12(15)17;1-8-4-5-10(12)9(6-8)7-11(14)13(2)3;7-4-2-1-3-5(8)6(4)9;1-3-2;1-2/h2-7,18H,8H2,1H3,(H,19,20);4-6H,7H2,1-3H3;1-3H,9H2;3H2,1-2H3;1-2H3. The first kappa shape index (κ1) is 44.6. The number of aryl methyl sites for hydroxylation is 2. The quantitative estimate of drug-likeness (QED) is 0.133. The molecule has 1 amide bonds. The predicted octanol–water partition coefficient (Wildman–Crippen LogP) is 10.9. The van der Waals surface area contributed by atoms with E-state index in [4.69, 9.17) is 34.0 Å². The van der Waals surface area contributed by atoms with Crippen molar-refractivity contribution in [2.24, 2.45) is 0 Å². The van der Waals surface area contributed by atoms with Crippen LogP contribution in [0.5, 0.6) is 0 Å². The molecule has 0 bridgehead atoms. The third-order valence-corrected chi connectivity index (χ3v) is 7.56. The molecule has 0 radical (unpaired) electrons. The molecule has 11 heteroatoms. The summed E-state index contributed by atoms with van der Waals surface area (Å²) in [5.41, 5.74) is 9.70.